The molecule has 0 atom stereocenters. The SMILES string of the molecule is CCCCCCCCCCCCCCCCCCn1cc[n+](C(C)(C)C)c1. The fourth-order valence-electron chi connectivity index (χ4n) is 3.77. The molecule has 1 heterocycles. The Kier molecular flexibility index (Phi) is 13.6. The number of hydrogen-bond donors (Lipinski definition) is 0. The van der Waals surface area contributed by atoms with Gasteiger partial charge in [-0.05, 0) is 33.6 Å². The average Bonchev–Trinajstić information content (AvgIpc) is 3.11. The first kappa shape index (κ1) is 24.2. The van der Waals surface area contributed by atoms with E-state index >= 15 is 0 Å². The molecule has 2 heteroatoms. The molecule has 0 saturated carbocycles. The van der Waals surface area contributed by atoms with Gasteiger partial charge >= 0.3 is 0 Å². The molecule has 0 bridgehead atoms. The zero-order valence-corrected chi connectivity index (χ0v) is 19.1. The van der Waals surface area contributed by atoms with Crippen molar-refractivity contribution in [3.05, 3.63) is 18.7 Å². The summed E-state index contributed by atoms with van der Waals surface area (Å²) >= 11 is 0. The molecular formula is C25H49N2+. The Morgan fingerprint density at radius 2 is 1.04 bits per heavy atom. The minimum Gasteiger partial charge on any atom is -0.237 e. The number of aromatic nitrogens is 2. The summed E-state index contributed by atoms with van der Waals surface area (Å²) in [5.41, 5.74) is 0.194. The summed E-state index contributed by atoms with van der Waals surface area (Å²) in [5, 5.41) is 0. The van der Waals surface area contributed by atoms with E-state index in [1.165, 1.54) is 109 Å². The summed E-state index contributed by atoms with van der Waals surface area (Å²) in [4.78, 5) is 0. The number of hydrogen-bond acceptors (Lipinski definition) is 0. The van der Waals surface area contributed by atoms with E-state index < -0.39 is 0 Å². The van der Waals surface area contributed by atoms with E-state index in [-0.39, 0.29) is 5.54 Å². The van der Waals surface area contributed by atoms with Crippen molar-refractivity contribution in [1.82, 2.24) is 4.57 Å². The number of imidazole rings is 1. The lowest BCUT2D eigenvalue weighted by Gasteiger charge is -2.13. The van der Waals surface area contributed by atoms with Crippen LogP contribution in [0.3, 0.4) is 0 Å². The second-order valence-electron chi connectivity index (χ2n) is 9.53. The third-order valence-electron chi connectivity index (χ3n) is 5.74. The molecule has 0 radical (unpaired) electrons. The van der Waals surface area contributed by atoms with Gasteiger partial charge in [0.1, 0.15) is 17.9 Å². The van der Waals surface area contributed by atoms with E-state index in [4.69, 9.17) is 0 Å². The van der Waals surface area contributed by atoms with E-state index in [2.05, 4.69) is 55.6 Å². The molecule has 27 heavy (non-hydrogen) atoms. The smallest absolute Gasteiger partial charge is 0.237 e. The van der Waals surface area contributed by atoms with Crippen LogP contribution in [-0.2, 0) is 12.1 Å². The molecule has 2 nitrogen and oxygen atoms in total. The largest absolute Gasteiger partial charge is 0.244 e. The summed E-state index contributed by atoms with van der Waals surface area (Å²) in [6.07, 6.45) is 29.7. The summed E-state index contributed by atoms with van der Waals surface area (Å²) in [6.45, 7) is 10.2. The first-order valence-corrected chi connectivity index (χ1v) is 12.1. The predicted octanol–water partition coefficient (Wildman–Crippen LogP) is 7.79. The fraction of sp³-hybridized carbons (Fsp3) is 0.880. The summed E-state index contributed by atoms with van der Waals surface area (Å²) in [6, 6.07) is 0. The van der Waals surface area contributed by atoms with E-state index in [1.54, 1.807) is 0 Å². The number of nitrogens with zero attached hydrogens (tertiary/aromatic N) is 2. The Hall–Kier alpha value is -0.790. The second-order valence-corrected chi connectivity index (χ2v) is 9.53. The molecule has 0 unspecified atom stereocenters. The van der Waals surface area contributed by atoms with Gasteiger partial charge in [-0.1, -0.05) is 96.8 Å². The molecule has 1 rings (SSSR count). The molecule has 0 aromatic carbocycles. The van der Waals surface area contributed by atoms with Gasteiger partial charge in [0.2, 0.25) is 6.33 Å². The molecule has 1 aromatic heterocycles. The van der Waals surface area contributed by atoms with Crippen LogP contribution in [0, 0.1) is 0 Å². The van der Waals surface area contributed by atoms with Crippen LogP contribution in [0.15, 0.2) is 18.7 Å². The highest BCUT2D eigenvalue weighted by molar-refractivity contribution is 4.68. The quantitative estimate of drug-likeness (QED) is 0.193. The highest BCUT2D eigenvalue weighted by Gasteiger charge is 2.18. The van der Waals surface area contributed by atoms with Crippen LogP contribution in [0.1, 0.15) is 130 Å². The molecule has 1 aromatic rings. The topological polar surface area (TPSA) is 8.81 Å². The molecule has 0 amide bonds. The molecule has 0 aliphatic heterocycles. The van der Waals surface area contributed by atoms with Crippen LogP contribution >= 0.6 is 0 Å². The van der Waals surface area contributed by atoms with Crippen molar-refractivity contribution in [2.24, 2.45) is 0 Å². The zero-order valence-electron chi connectivity index (χ0n) is 19.1. The Morgan fingerprint density at radius 1 is 0.630 bits per heavy atom. The van der Waals surface area contributed by atoms with Gasteiger partial charge in [-0.15, -0.1) is 0 Å². The van der Waals surface area contributed by atoms with Crippen molar-refractivity contribution in [3.8, 4) is 0 Å². The van der Waals surface area contributed by atoms with Crippen molar-refractivity contribution in [2.75, 3.05) is 0 Å². The van der Waals surface area contributed by atoms with Crippen molar-refractivity contribution in [3.63, 3.8) is 0 Å². The van der Waals surface area contributed by atoms with Crippen molar-refractivity contribution >= 4 is 0 Å². The van der Waals surface area contributed by atoms with Gasteiger partial charge in [0.15, 0.2) is 0 Å². The van der Waals surface area contributed by atoms with E-state index in [0.717, 1.165) is 0 Å². The standard InChI is InChI=1S/C25H49N2/c1-5-6-7-8-9-10-11-12-13-14-15-16-17-18-19-20-21-26-22-23-27(24-26)25(2,3)4/h22-24H,5-21H2,1-4H3/q+1. The molecule has 0 aliphatic carbocycles. The van der Waals surface area contributed by atoms with Crippen LogP contribution in [0.4, 0.5) is 0 Å². The first-order chi connectivity index (χ1) is 13.0. The first-order valence-electron chi connectivity index (χ1n) is 12.1. The monoisotopic (exact) mass is 377 g/mol. The van der Waals surface area contributed by atoms with Crippen LogP contribution in [0.25, 0.3) is 0 Å². The maximum atomic E-state index is 2.34. The lowest BCUT2D eigenvalue weighted by atomic mass is 10.0. The second kappa shape index (κ2) is 15.2. The third-order valence-corrected chi connectivity index (χ3v) is 5.74. The average molecular weight is 378 g/mol. The number of unbranched alkanes of at least 4 members (excludes halogenated alkanes) is 15. The maximum Gasteiger partial charge on any atom is 0.244 e. The van der Waals surface area contributed by atoms with Gasteiger partial charge in [-0.2, -0.15) is 0 Å². The Balaban J connectivity index is 1.81. The van der Waals surface area contributed by atoms with Gasteiger partial charge < -0.3 is 0 Å². The molecule has 158 valence electrons. The van der Waals surface area contributed by atoms with Gasteiger partial charge in [0.05, 0.1) is 6.54 Å². The lowest BCUT2D eigenvalue weighted by Crippen LogP contribution is -2.48. The van der Waals surface area contributed by atoms with Crippen molar-refractivity contribution in [1.29, 1.82) is 0 Å². The van der Waals surface area contributed by atoms with Crippen molar-refractivity contribution in [2.45, 2.75) is 143 Å². The van der Waals surface area contributed by atoms with E-state index in [1.807, 2.05) is 0 Å². The summed E-state index contributed by atoms with van der Waals surface area (Å²) in [5.74, 6) is 0. The third kappa shape index (κ3) is 13.1. The van der Waals surface area contributed by atoms with E-state index in [0.29, 0.717) is 0 Å². The zero-order chi connectivity index (χ0) is 19.8. The predicted molar refractivity (Wildman–Crippen MR) is 119 cm³/mol. The molecule has 0 spiro atoms. The normalized spacial score (nSPS) is 12.0. The molecule has 0 N–H and O–H groups in total. The molecule has 0 saturated heterocycles. The Bertz CT molecular complexity index is 441. The fourth-order valence-corrected chi connectivity index (χ4v) is 3.77. The number of aryl methyl sites for hydroxylation is 1. The summed E-state index contributed by atoms with van der Waals surface area (Å²) in [7, 11) is 0. The highest BCUT2D eigenvalue weighted by atomic mass is 15.1. The van der Waals surface area contributed by atoms with Crippen LogP contribution in [0.5, 0.6) is 0 Å². The van der Waals surface area contributed by atoms with Gasteiger partial charge in [0, 0.05) is 0 Å². The maximum absolute atomic E-state index is 2.34. The van der Waals surface area contributed by atoms with Crippen LogP contribution < -0.4 is 4.57 Å². The lowest BCUT2D eigenvalue weighted by molar-refractivity contribution is -0.753. The van der Waals surface area contributed by atoms with Crippen molar-refractivity contribution < 1.29 is 4.57 Å². The number of rotatable bonds is 17. The van der Waals surface area contributed by atoms with Gasteiger partial charge in [0.25, 0.3) is 0 Å². The van der Waals surface area contributed by atoms with Gasteiger partial charge in [-0.3, -0.25) is 0 Å². The Labute approximate surface area is 170 Å². The Morgan fingerprint density at radius 3 is 1.41 bits per heavy atom. The highest BCUT2D eigenvalue weighted by Crippen LogP contribution is 2.14. The minimum absolute atomic E-state index is 0.194. The van der Waals surface area contributed by atoms with Crippen LogP contribution in [0.2, 0.25) is 0 Å². The van der Waals surface area contributed by atoms with Crippen LogP contribution in [-0.4, -0.2) is 4.57 Å². The minimum atomic E-state index is 0.194. The van der Waals surface area contributed by atoms with Gasteiger partial charge in [-0.25, -0.2) is 9.13 Å². The molecule has 0 aliphatic rings. The summed E-state index contributed by atoms with van der Waals surface area (Å²) < 4.78 is 4.65. The molecule has 0 fully saturated rings. The van der Waals surface area contributed by atoms with E-state index in [9.17, 15) is 0 Å². The molecular weight excluding hydrogens is 328 g/mol.